The van der Waals surface area contributed by atoms with E-state index in [4.69, 9.17) is 4.52 Å². The number of carbonyl (C=O) groups is 1. The highest BCUT2D eigenvalue weighted by atomic mass is 16.5. The second-order valence-electron chi connectivity index (χ2n) is 8.09. The number of hydrogen-bond acceptors (Lipinski definition) is 4. The van der Waals surface area contributed by atoms with Crippen LogP contribution in [0.2, 0.25) is 0 Å². The monoisotopic (exact) mass is 368 g/mol. The van der Waals surface area contributed by atoms with Crippen LogP contribution in [0.5, 0.6) is 0 Å². The number of carbonyl (C=O) groups excluding carboxylic acids is 1. The van der Waals surface area contributed by atoms with Gasteiger partial charge < -0.3 is 14.7 Å². The summed E-state index contributed by atoms with van der Waals surface area (Å²) in [4.78, 5) is 19.1. The van der Waals surface area contributed by atoms with Crippen molar-refractivity contribution in [3.8, 4) is 0 Å². The molecule has 144 valence electrons. The first-order valence-corrected chi connectivity index (χ1v) is 9.99. The second-order valence-corrected chi connectivity index (χ2v) is 8.09. The van der Waals surface area contributed by atoms with E-state index in [1.54, 1.807) is 0 Å². The fourth-order valence-electron chi connectivity index (χ4n) is 4.18. The Bertz CT molecular complexity index is 821. The topological polar surface area (TPSA) is 71.3 Å². The lowest BCUT2D eigenvalue weighted by atomic mass is 9.96. The third-order valence-corrected chi connectivity index (χ3v) is 5.89. The van der Waals surface area contributed by atoms with Crippen LogP contribution in [0.3, 0.4) is 0 Å². The van der Waals surface area contributed by atoms with Crippen molar-refractivity contribution >= 4 is 6.03 Å². The molecule has 1 N–H and O–H groups in total. The number of urea groups is 1. The van der Waals surface area contributed by atoms with E-state index in [9.17, 15) is 4.79 Å². The summed E-state index contributed by atoms with van der Waals surface area (Å²) in [5.74, 6) is 2.14. The Balaban J connectivity index is 1.36. The van der Waals surface area contributed by atoms with E-state index in [2.05, 4.69) is 47.5 Å². The van der Waals surface area contributed by atoms with Crippen molar-refractivity contribution in [3.63, 3.8) is 0 Å². The molecule has 1 fully saturated rings. The summed E-state index contributed by atoms with van der Waals surface area (Å²) in [6.45, 7) is 7.70. The zero-order valence-corrected chi connectivity index (χ0v) is 16.4. The van der Waals surface area contributed by atoms with Gasteiger partial charge in [0.05, 0.1) is 6.04 Å². The summed E-state index contributed by atoms with van der Waals surface area (Å²) < 4.78 is 5.30. The maximum absolute atomic E-state index is 12.8. The average Bonchev–Trinajstić information content (AvgIpc) is 3.28. The minimum absolute atomic E-state index is 0.0444. The normalized spacial score (nSPS) is 20.1. The van der Waals surface area contributed by atoms with E-state index in [0.29, 0.717) is 17.6 Å². The van der Waals surface area contributed by atoms with Gasteiger partial charge in [0.25, 0.3) is 0 Å². The van der Waals surface area contributed by atoms with E-state index in [1.807, 2.05) is 11.8 Å². The Kier molecular flexibility index (Phi) is 4.89. The number of rotatable bonds is 3. The Labute approximate surface area is 160 Å². The van der Waals surface area contributed by atoms with Crippen molar-refractivity contribution in [1.29, 1.82) is 0 Å². The molecule has 6 nitrogen and oxygen atoms in total. The summed E-state index contributed by atoms with van der Waals surface area (Å²) in [5.41, 5.74) is 4.01. The van der Waals surface area contributed by atoms with E-state index in [1.165, 1.54) is 16.7 Å². The van der Waals surface area contributed by atoms with Crippen LogP contribution >= 0.6 is 0 Å². The molecule has 1 aromatic heterocycles. The highest BCUT2D eigenvalue weighted by molar-refractivity contribution is 5.75. The van der Waals surface area contributed by atoms with E-state index in [-0.39, 0.29) is 18.0 Å². The third kappa shape index (κ3) is 3.70. The van der Waals surface area contributed by atoms with Crippen LogP contribution in [0.4, 0.5) is 4.79 Å². The van der Waals surface area contributed by atoms with Crippen LogP contribution in [0.25, 0.3) is 0 Å². The number of nitrogens with one attached hydrogen (secondary N) is 1. The third-order valence-electron chi connectivity index (χ3n) is 5.89. The minimum Gasteiger partial charge on any atom is -0.339 e. The Morgan fingerprint density at radius 3 is 2.70 bits per heavy atom. The first-order chi connectivity index (χ1) is 13.0. The summed E-state index contributed by atoms with van der Waals surface area (Å²) in [6, 6.07) is 6.90. The first kappa shape index (κ1) is 18.0. The molecule has 1 saturated heterocycles. The molecule has 2 aliphatic rings. The molecule has 0 bridgehead atoms. The van der Waals surface area contributed by atoms with Gasteiger partial charge in [-0.25, -0.2) is 4.79 Å². The van der Waals surface area contributed by atoms with Crippen LogP contribution in [0.15, 0.2) is 22.7 Å². The quantitative estimate of drug-likeness (QED) is 0.886. The molecule has 1 aromatic carbocycles. The Morgan fingerprint density at radius 2 is 2.04 bits per heavy atom. The molecular weight excluding hydrogens is 340 g/mol. The number of likely N-dealkylation sites (tertiary alicyclic amines) is 1. The fraction of sp³-hybridized carbons (Fsp3) is 0.571. The number of fused-ring (bicyclic) bond motifs is 1. The number of piperidine rings is 1. The molecule has 0 spiro atoms. The van der Waals surface area contributed by atoms with Crippen molar-refractivity contribution in [2.24, 2.45) is 0 Å². The standard InChI is InChI=1S/C21H28N4O2/c1-13(2)17-5-4-15-6-7-19(18(15)12-17)23-21(26)25-10-8-16(9-11-25)20-22-14(3)24-27-20/h4-5,12-13,16,19H,6-11H2,1-3H3,(H,23,26). The van der Waals surface area contributed by atoms with Gasteiger partial charge in [-0.05, 0) is 55.2 Å². The van der Waals surface area contributed by atoms with Crippen LogP contribution in [0.1, 0.15) is 79.4 Å². The van der Waals surface area contributed by atoms with Crippen LogP contribution in [-0.2, 0) is 6.42 Å². The molecule has 4 rings (SSSR count). The molecule has 1 aliphatic heterocycles. The van der Waals surface area contributed by atoms with Crippen molar-refractivity contribution < 1.29 is 9.32 Å². The summed E-state index contributed by atoms with van der Waals surface area (Å²) >= 11 is 0. The number of amides is 2. The molecule has 2 amide bonds. The predicted molar refractivity (Wildman–Crippen MR) is 103 cm³/mol. The molecule has 2 heterocycles. The van der Waals surface area contributed by atoms with Crippen molar-refractivity contribution in [2.75, 3.05) is 13.1 Å². The summed E-state index contributed by atoms with van der Waals surface area (Å²) in [6.07, 6.45) is 3.76. The average molecular weight is 368 g/mol. The van der Waals surface area contributed by atoms with Gasteiger partial charge in [0.1, 0.15) is 0 Å². The number of hydrogen-bond donors (Lipinski definition) is 1. The second kappa shape index (κ2) is 7.33. The Hall–Kier alpha value is -2.37. The molecular formula is C21H28N4O2. The SMILES string of the molecule is Cc1noc(C2CCN(C(=O)NC3CCc4ccc(C(C)C)cc43)CC2)n1. The van der Waals surface area contributed by atoms with Crippen LogP contribution < -0.4 is 5.32 Å². The number of aryl methyl sites for hydroxylation is 2. The van der Waals surface area contributed by atoms with Gasteiger partial charge in [0.2, 0.25) is 5.89 Å². The molecule has 27 heavy (non-hydrogen) atoms. The fourth-order valence-corrected chi connectivity index (χ4v) is 4.18. The minimum atomic E-state index is 0.0444. The summed E-state index contributed by atoms with van der Waals surface area (Å²) in [7, 11) is 0. The number of nitrogens with zero attached hydrogens (tertiary/aromatic N) is 3. The highest BCUT2D eigenvalue weighted by Gasteiger charge is 2.30. The maximum Gasteiger partial charge on any atom is 0.317 e. The van der Waals surface area contributed by atoms with Gasteiger partial charge in [-0.1, -0.05) is 37.2 Å². The molecule has 6 heteroatoms. The van der Waals surface area contributed by atoms with Gasteiger partial charge in [-0.2, -0.15) is 4.98 Å². The predicted octanol–water partition coefficient (Wildman–Crippen LogP) is 4.08. The molecule has 0 saturated carbocycles. The van der Waals surface area contributed by atoms with Gasteiger partial charge >= 0.3 is 6.03 Å². The molecule has 0 radical (unpaired) electrons. The first-order valence-electron chi connectivity index (χ1n) is 9.99. The van der Waals surface area contributed by atoms with Crippen molar-refractivity contribution in [2.45, 2.75) is 64.3 Å². The lowest BCUT2D eigenvalue weighted by Gasteiger charge is -2.31. The zero-order valence-electron chi connectivity index (χ0n) is 16.4. The molecule has 1 unspecified atom stereocenters. The van der Waals surface area contributed by atoms with E-state index < -0.39 is 0 Å². The largest absolute Gasteiger partial charge is 0.339 e. The van der Waals surface area contributed by atoms with E-state index in [0.717, 1.165) is 38.8 Å². The summed E-state index contributed by atoms with van der Waals surface area (Å²) in [5, 5.41) is 7.14. The van der Waals surface area contributed by atoms with Crippen molar-refractivity contribution in [3.05, 3.63) is 46.6 Å². The molecule has 2 aromatic rings. The van der Waals surface area contributed by atoms with Gasteiger partial charge in [0, 0.05) is 19.0 Å². The molecule has 1 aliphatic carbocycles. The number of benzene rings is 1. The van der Waals surface area contributed by atoms with Crippen LogP contribution in [0, 0.1) is 6.92 Å². The van der Waals surface area contributed by atoms with Gasteiger partial charge in [-0.3, -0.25) is 0 Å². The van der Waals surface area contributed by atoms with E-state index >= 15 is 0 Å². The van der Waals surface area contributed by atoms with Gasteiger partial charge in [0.15, 0.2) is 5.82 Å². The maximum atomic E-state index is 12.8. The number of aromatic nitrogens is 2. The smallest absolute Gasteiger partial charge is 0.317 e. The van der Waals surface area contributed by atoms with Crippen LogP contribution in [-0.4, -0.2) is 34.2 Å². The molecule has 1 atom stereocenters. The lowest BCUT2D eigenvalue weighted by molar-refractivity contribution is 0.172. The zero-order chi connectivity index (χ0) is 19.0. The van der Waals surface area contributed by atoms with Crippen molar-refractivity contribution in [1.82, 2.24) is 20.4 Å². The van der Waals surface area contributed by atoms with Gasteiger partial charge in [-0.15, -0.1) is 0 Å². The Morgan fingerprint density at radius 1 is 1.26 bits per heavy atom. The lowest BCUT2D eigenvalue weighted by Crippen LogP contribution is -2.45. The highest BCUT2D eigenvalue weighted by Crippen LogP contribution is 2.34.